The molecule has 7 nitrogen and oxygen atoms in total. The van der Waals surface area contributed by atoms with Gasteiger partial charge in [0.25, 0.3) is 0 Å². The topological polar surface area (TPSA) is 64.1 Å². The zero-order chi connectivity index (χ0) is 16.6. The third-order valence-electron chi connectivity index (χ3n) is 4.77. The van der Waals surface area contributed by atoms with Crippen LogP contribution in [0.5, 0.6) is 0 Å². The Morgan fingerprint density at radius 1 is 1.08 bits per heavy atom. The minimum atomic E-state index is 0.429. The van der Waals surface area contributed by atoms with Crippen LogP contribution in [0.1, 0.15) is 12.5 Å². The molecule has 1 fully saturated rings. The van der Waals surface area contributed by atoms with Crippen LogP contribution >= 0.6 is 0 Å². The lowest BCUT2D eigenvalue weighted by molar-refractivity contribution is 0.551. The van der Waals surface area contributed by atoms with Gasteiger partial charge in [-0.2, -0.15) is 9.61 Å². The number of hydrogen-bond donors (Lipinski definition) is 0. The van der Waals surface area contributed by atoms with Crippen molar-refractivity contribution in [2.75, 3.05) is 18.0 Å². The Morgan fingerprint density at radius 3 is 2.84 bits per heavy atom. The average molecular weight is 331 g/mol. The lowest BCUT2D eigenvalue weighted by atomic mass is 10.1. The fourth-order valence-corrected chi connectivity index (χ4v) is 3.48. The first-order valence-electron chi connectivity index (χ1n) is 8.37. The first-order chi connectivity index (χ1) is 12.4. The number of hydrogen-bond acceptors (Lipinski definition) is 5. The van der Waals surface area contributed by atoms with E-state index in [-0.39, 0.29) is 0 Å². The molecule has 1 aliphatic heterocycles. The average Bonchev–Trinajstić information content (AvgIpc) is 3.41. The van der Waals surface area contributed by atoms with Crippen LogP contribution in [0.25, 0.3) is 16.9 Å². The summed E-state index contributed by atoms with van der Waals surface area (Å²) in [6.45, 7) is 1.90. The Bertz CT molecular complexity index is 991. The second-order valence-corrected chi connectivity index (χ2v) is 6.28. The molecule has 25 heavy (non-hydrogen) atoms. The van der Waals surface area contributed by atoms with Crippen LogP contribution in [-0.2, 0) is 0 Å². The van der Waals surface area contributed by atoms with E-state index in [1.807, 2.05) is 36.9 Å². The van der Waals surface area contributed by atoms with Gasteiger partial charge < -0.3 is 9.47 Å². The Labute approximate surface area is 144 Å². The summed E-state index contributed by atoms with van der Waals surface area (Å²) in [5.74, 6) is 0. The van der Waals surface area contributed by atoms with Gasteiger partial charge in [0.15, 0.2) is 0 Å². The van der Waals surface area contributed by atoms with Crippen LogP contribution in [0.2, 0.25) is 0 Å². The van der Waals surface area contributed by atoms with Crippen molar-refractivity contribution < 1.29 is 0 Å². The van der Waals surface area contributed by atoms with Crippen molar-refractivity contribution in [2.24, 2.45) is 0 Å². The van der Waals surface area contributed by atoms with Gasteiger partial charge in [0.2, 0.25) is 5.65 Å². The van der Waals surface area contributed by atoms with E-state index in [4.69, 9.17) is 0 Å². The number of nitrogens with zero attached hydrogens (tertiary/aromatic N) is 7. The summed E-state index contributed by atoms with van der Waals surface area (Å²) in [5.41, 5.74) is 3.89. The maximum atomic E-state index is 4.66. The summed E-state index contributed by atoms with van der Waals surface area (Å²) in [6, 6.07) is 12.8. The van der Waals surface area contributed by atoms with Crippen molar-refractivity contribution >= 4 is 11.3 Å². The molecule has 0 aliphatic carbocycles. The molecule has 1 unspecified atom stereocenters. The van der Waals surface area contributed by atoms with Crippen molar-refractivity contribution in [3.8, 4) is 11.3 Å². The van der Waals surface area contributed by atoms with Crippen molar-refractivity contribution in [1.29, 1.82) is 0 Å². The summed E-state index contributed by atoms with van der Waals surface area (Å²) in [6.07, 6.45) is 8.50. The molecule has 0 bridgehead atoms. The molecule has 3 aromatic heterocycles. The highest BCUT2D eigenvalue weighted by atomic mass is 15.4. The predicted molar refractivity (Wildman–Crippen MR) is 94.3 cm³/mol. The number of fused-ring (bicyclic) bond motifs is 1. The van der Waals surface area contributed by atoms with E-state index < -0.39 is 0 Å². The van der Waals surface area contributed by atoms with E-state index in [9.17, 15) is 0 Å². The second kappa shape index (κ2) is 5.70. The molecular weight excluding hydrogens is 314 g/mol. The highest BCUT2D eigenvalue weighted by Crippen LogP contribution is 2.31. The van der Waals surface area contributed by atoms with E-state index in [1.165, 1.54) is 0 Å². The van der Waals surface area contributed by atoms with Crippen molar-refractivity contribution in [2.45, 2.75) is 12.5 Å². The van der Waals surface area contributed by atoms with E-state index in [0.29, 0.717) is 6.04 Å². The smallest absolute Gasteiger partial charge is 0.200 e. The summed E-state index contributed by atoms with van der Waals surface area (Å²) in [5, 5.41) is 13.0. The van der Waals surface area contributed by atoms with Gasteiger partial charge in [0, 0.05) is 31.0 Å². The van der Waals surface area contributed by atoms with Crippen molar-refractivity contribution in [3.05, 3.63) is 61.4 Å². The highest BCUT2D eigenvalue weighted by molar-refractivity contribution is 5.74. The quantitative estimate of drug-likeness (QED) is 0.577. The Balaban J connectivity index is 1.55. The number of anilines is 1. The molecule has 1 aromatic carbocycles. The van der Waals surface area contributed by atoms with Gasteiger partial charge in [0.1, 0.15) is 6.33 Å². The number of aromatic nitrogens is 6. The third kappa shape index (κ3) is 2.44. The Hall–Kier alpha value is -3.22. The monoisotopic (exact) mass is 331 g/mol. The molecule has 4 aromatic rings. The normalized spacial score (nSPS) is 17.4. The lowest BCUT2D eigenvalue weighted by Crippen LogP contribution is -2.21. The van der Waals surface area contributed by atoms with Gasteiger partial charge in [-0.15, -0.1) is 10.2 Å². The van der Waals surface area contributed by atoms with Crippen LogP contribution in [-0.4, -0.2) is 42.5 Å². The zero-order valence-corrected chi connectivity index (χ0v) is 13.6. The van der Waals surface area contributed by atoms with E-state index in [1.54, 1.807) is 10.8 Å². The molecule has 5 rings (SSSR count). The first kappa shape index (κ1) is 14.2. The van der Waals surface area contributed by atoms with Crippen LogP contribution in [0.3, 0.4) is 0 Å². The lowest BCUT2D eigenvalue weighted by Gasteiger charge is -2.20. The molecule has 124 valence electrons. The number of imidazole rings is 1. The SMILES string of the molecule is c1ccc(-c2cc(N3CCC(n4ccnc4)C3)c3nncn3n2)cc1. The largest absolute Gasteiger partial charge is 0.366 e. The van der Waals surface area contributed by atoms with E-state index in [0.717, 1.165) is 42.1 Å². The number of benzene rings is 1. The molecule has 4 heterocycles. The molecular formula is C18H17N7. The fraction of sp³-hybridized carbons (Fsp3) is 0.222. The summed E-state index contributed by atoms with van der Waals surface area (Å²) in [4.78, 5) is 6.53. The fourth-order valence-electron chi connectivity index (χ4n) is 3.48. The molecule has 1 atom stereocenters. The van der Waals surface area contributed by atoms with Crippen LogP contribution in [0.15, 0.2) is 61.4 Å². The minimum Gasteiger partial charge on any atom is -0.366 e. The van der Waals surface area contributed by atoms with E-state index >= 15 is 0 Å². The maximum absolute atomic E-state index is 4.66. The second-order valence-electron chi connectivity index (χ2n) is 6.28. The molecule has 0 spiro atoms. The predicted octanol–water partition coefficient (Wildman–Crippen LogP) is 2.44. The van der Waals surface area contributed by atoms with Gasteiger partial charge in [-0.3, -0.25) is 0 Å². The standard InChI is InChI=1S/C18H17N7/c1-2-4-14(5-3-1)16-10-17(18-21-20-13-25(18)22-16)23-8-6-15(11-23)24-9-7-19-12-24/h1-5,7,9-10,12-13,15H,6,8,11H2. The van der Waals surface area contributed by atoms with Gasteiger partial charge in [0.05, 0.1) is 23.8 Å². The highest BCUT2D eigenvalue weighted by Gasteiger charge is 2.26. The minimum absolute atomic E-state index is 0.429. The molecule has 1 aliphatic rings. The molecule has 7 heteroatoms. The van der Waals surface area contributed by atoms with Crippen LogP contribution < -0.4 is 4.90 Å². The molecule has 0 amide bonds. The summed E-state index contributed by atoms with van der Waals surface area (Å²) >= 11 is 0. The summed E-state index contributed by atoms with van der Waals surface area (Å²) < 4.78 is 3.95. The zero-order valence-electron chi connectivity index (χ0n) is 13.6. The van der Waals surface area contributed by atoms with Gasteiger partial charge in [-0.05, 0) is 12.5 Å². The third-order valence-corrected chi connectivity index (χ3v) is 4.77. The number of rotatable bonds is 3. The Morgan fingerprint density at radius 2 is 2.00 bits per heavy atom. The summed E-state index contributed by atoms with van der Waals surface area (Å²) in [7, 11) is 0. The first-order valence-corrected chi connectivity index (χ1v) is 8.37. The molecule has 0 N–H and O–H groups in total. The molecule has 1 saturated heterocycles. The molecule has 0 saturated carbocycles. The van der Waals surface area contributed by atoms with Crippen molar-refractivity contribution in [1.82, 2.24) is 29.4 Å². The van der Waals surface area contributed by atoms with E-state index in [2.05, 4.69) is 47.9 Å². The molecule has 0 radical (unpaired) electrons. The van der Waals surface area contributed by atoms with Crippen molar-refractivity contribution in [3.63, 3.8) is 0 Å². The van der Waals surface area contributed by atoms with Crippen LogP contribution in [0.4, 0.5) is 5.69 Å². The van der Waals surface area contributed by atoms with Gasteiger partial charge in [-0.25, -0.2) is 4.98 Å². The Kier molecular flexibility index (Phi) is 3.22. The van der Waals surface area contributed by atoms with Gasteiger partial charge >= 0.3 is 0 Å². The van der Waals surface area contributed by atoms with Gasteiger partial charge in [-0.1, -0.05) is 30.3 Å². The van der Waals surface area contributed by atoms with Crippen LogP contribution in [0, 0.1) is 0 Å². The maximum Gasteiger partial charge on any atom is 0.200 e.